The Balaban J connectivity index is 2.27. The first kappa shape index (κ1) is 15.6. The molecule has 1 unspecified atom stereocenters. The van der Waals surface area contributed by atoms with Crippen LogP contribution in [-0.2, 0) is 0 Å². The van der Waals surface area contributed by atoms with Crippen LogP contribution >= 0.6 is 0 Å². The van der Waals surface area contributed by atoms with Crippen LogP contribution in [0.1, 0.15) is 43.6 Å². The minimum atomic E-state index is -0.611. The highest BCUT2D eigenvalue weighted by molar-refractivity contribution is 5.91. The van der Waals surface area contributed by atoms with Crippen LogP contribution in [-0.4, -0.2) is 18.3 Å². The van der Waals surface area contributed by atoms with Crippen molar-refractivity contribution in [1.82, 2.24) is 0 Å². The van der Waals surface area contributed by atoms with Gasteiger partial charge in [-0.05, 0) is 49.1 Å². The lowest BCUT2D eigenvalue weighted by molar-refractivity contribution is 0.214. The molecule has 2 aromatic rings. The van der Waals surface area contributed by atoms with Crippen molar-refractivity contribution in [3.63, 3.8) is 0 Å². The summed E-state index contributed by atoms with van der Waals surface area (Å²) in [7, 11) is 1.64. The van der Waals surface area contributed by atoms with Gasteiger partial charge in [0.05, 0.1) is 13.2 Å². The summed E-state index contributed by atoms with van der Waals surface area (Å²) in [5.41, 5.74) is 4.85. The molecule has 0 aliphatic heterocycles. The third-order valence-corrected chi connectivity index (χ3v) is 4.14. The minimum Gasteiger partial charge on any atom is -0.493 e. The number of fused-ring (bicyclic) bond motifs is 1. The maximum atomic E-state index is 10.6. The molecule has 0 fully saturated rings. The van der Waals surface area contributed by atoms with E-state index in [4.69, 9.17) is 9.47 Å². The zero-order valence-corrected chi connectivity index (χ0v) is 14.0. The Morgan fingerprint density at radius 3 is 2.35 bits per heavy atom. The first-order valence-electron chi connectivity index (χ1n) is 7.86. The van der Waals surface area contributed by atoms with Gasteiger partial charge < -0.3 is 14.6 Å². The molecule has 0 saturated carbocycles. The second-order valence-electron chi connectivity index (χ2n) is 6.05. The monoisotopic (exact) mass is 310 g/mol. The van der Waals surface area contributed by atoms with Crippen LogP contribution in [0.3, 0.4) is 0 Å². The van der Waals surface area contributed by atoms with Gasteiger partial charge in [0, 0.05) is 5.56 Å². The number of aliphatic hydroxyl groups is 1. The Kier molecular flexibility index (Phi) is 4.14. The number of aliphatic hydroxyl groups excluding tert-OH is 1. The number of rotatable bonds is 4. The van der Waals surface area contributed by atoms with Crippen molar-refractivity contribution in [2.24, 2.45) is 0 Å². The van der Waals surface area contributed by atoms with Crippen molar-refractivity contribution in [3.05, 3.63) is 64.7 Å². The summed E-state index contributed by atoms with van der Waals surface area (Å²) in [6, 6.07) is 13.9. The average Bonchev–Trinajstić information content (AvgIpc) is 2.80. The zero-order chi connectivity index (χ0) is 16.6. The highest BCUT2D eigenvalue weighted by Gasteiger charge is 2.32. The predicted molar refractivity (Wildman–Crippen MR) is 91.9 cm³/mol. The molecule has 0 amide bonds. The van der Waals surface area contributed by atoms with Crippen LogP contribution in [0.25, 0.3) is 5.57 Å². The molecule has 2 aromatic carbocycles. The van der Waals surface area contributed by atoms with Crippen molar-refractivity contribution in [2.45, 2.75) is 33.0 Å². The summed E-state index contributed by atoms with van der Waals surface area (Å²) >= 11 is 0. The van der Waals surface area contributed by atoms with Crippen molar-refractivity contribution in [3.8, 4) is 11.5 Å². The molecule has 1 aliphatic rings. The zero-order valence-electron chi connectivity index (χ0n) is 14.0. The van der Waals surface area contributed by atoms with Crippen LogP contribution < -0.4 is 9.47 Å². The maximum Gasteiger partial charge on any atom is 0.169 e. The van der Waals surface area contributed by atoms with Gasteiger partial charge in [-0.3, -0.25) is 0 Å². The maximum absolute atomic E-state index is 10.6. The molecule has 0 bridgehead atoms. The Hall–Kier alpha value is -2.26. The molecule has 0 spiro atoms. The number of hydrogen-bond donors (Lipinski definition) is 1. The van der Waals surface area contributed by atoms with Crippen molar-refractivity contribution in [1.29, 1.82) is 0 Å². The van der Waals surface area contributed by atoms with E-state index in [1.54, 1.807) is 7.11 Å². The lowest BCUT2D eigenvalue weighted by Gasteiger charge is -2.19. The van der Waals surface area contributed by atoms with Crippen molar-refractivity contribution in [2.75, 3.05) is 7.11 Å². The van der Waals surface area contributed by atoms with Gasteiger partial charge in [-0.25, -0.2) is 0 Å². The van der Waals surface area contributed by atoms with E-state index < -0.39 is 6.10 Å². The number of ether oxygens (including phenoxy) is 2. The first-order chi connectivity index (χ1) is 11.0. The van der Waals surface area contributed by atoms with Gasteiger partial charge in [0.2, 0.25) is 0 Å². The molecular weight excluding hydrogens is 288 g/mol. The van der Waals surface area contributed by atoms with E-state index in [0.717, 1.165) is 27.8 Å². The second-order valence-corrected chi connectivity index (χ2v) is 6.05. The number of hydrogen-bond acceptors (Lipinski definition) is 3. The first-order valence-corrected chi connectivity index (χ1v) is 7.86. The largest absolute Gasteiger partial charge is 0.493 e. The topological polar surface area (TPSA) is 38.7 Å². The molecule has 3 nitrogen and oxygen atoms in total. The lowest BCUT2D eigenvalue weighted by Crippen LogP contribution is -2.09. The summed E-state index contributed by atoms with van der Waals surface area (Å²) in [5, 5.41) is 10.6. The number of methoxy groups -OCH3 is 1. The van der Waals surface area contributed by atoms with Gasteiger partial charge in [-0.2, -0.15) is 0 Å². The molecule has 0 aromatic heterocycles. The Bertz CT molecular complexity index is 745. The molecule has 23 heavy (non-hydrogen) atoms. The van der Waals surface area contributed by atoms with Crippen molar-refractivity contribution >= 4 is 5.57 Å². The van der Waals surface area contributed by atoms with E-state index >= 15 is 0 Å². The predicted octanol–water partition coefficient (Wildman–Crippen LogP) is 4.35. The Labute approximate surface area is 137 Å². The van der Waals surface area contributed by atoms with Gasteiger partial charge in [-0.1, -0.05) is 36.4 Å². The van der Waals surface area contributed by atoms with E-state index in [2.05, 4.69) is 12.1 Å². The summed E-state index contributed by atoms with van der Waals surface area (Å²) in [6.07, 6.45) is -0.592. The summed E-state index contributed by atoms with van der Waals surface area (Å²) in [6.45, 7) is 5.95. The molecule has 1 atom stereocenters. The van der Waals surface area contributed by atoms with E-state index in [0.29, 0.717) is 11.5 Å². The summed E-state index contributed by atoms with van der Waals surface area (Å²) in [4.78, 5) is 0. The lowest BCUT2D eigenvalue weighted by atomic mass is 9.96. The fourth-order valence-electron chi connectivity index (χ4n) is 3.12. The quantitative estimate of drug-likeness (QED) is 0.912. The van der Waals surface area contributed by atoms with Gasteiger partial charge >= 0.3 is 0 Å². The van der Waals surface area contributed by atoms with Gasteiger partial charge in [0.1, 0.15) is 6.10 Å². The molecule has 3 heteroatoms. The standard InChI is InChI=1S/C20H22O3/c1-12(2)23-20-16(22-4)11-10-15-18(20)17(13(3)19(15)21)14-8-6-5-7-9-14/h5-12,19,21H,1-4H3. The molecule has 0 radical (unpaired) electrons. The molecule has 0 heterocycles. The Morgan fingerprint density at radius 1 is 1.04 bits per heavy atom. The Morgan fingerprint density at radius 2 is 1.74 bits per heavy atom. The second kappa shape index (κ2) is 6.09. The van der Waals surface area contributed by atoms with E-state index in [-0.39, 0.29) is 6.10 Å². The van der Waals surface area contributed by atoms with Crippen LogP contribution in [0, 0.1) is 0 Å². The normalized spacial score (nSPS) is 16.7. The fraction of sp³-hybridized carbons (Fsp3) is 0.300. The molecule has 1 aliphatic carbocycles. The third kappa shape index (κ3) is 2.62. The van der Waals surface area contributed by atoms with Gasteiger partial charge in [-0.15, -0.1) is 0 Å². The van der Waals surface area contributed by atoms with Crippen LogP contribution in [0.2, 0.25) is 0 Å². The smallest absolute Gasteiger partial charge is 0.169 e. The molecule has 3 rings (SSSR count). The van der Waals surface area contributed by atoms with E-state index in [1.165, 1.54) is 0 Å². The van der Waals surface area contributed by atoms with Crippen molar-refractivity contribution < 1.29 is 14.6 Å². The summed E-state index contributed by atoms with van der Waals surface area (Å²) in [5.74, 6) is 1.39. The van der Waals surface area contributed by atoms with E-state index in [9.17, 15) is 5.11 Å². The SMILES string of the molecule is COc1ccc2c(c1OC(C)C)C(c1ccccc1)=C(C)C2O. The highest BCUT2D eigenvalue weighted by atomic mass is 16.5. The van der Waals surface area contributed by atoms with Crippen LogP contribution in [0.4, 0.5) is 0 Å². The highest BCUT2D eigenvalue weighted by Crippen LogP contribution is 2.50. The van der Waals surface area contributed by atoms with E-state index in [1.807, 2.05) is 51.1 Å². The van der Waals surface area contributed by atoms with Gasteiger partial charge in [0.15, 0.2) is 11.5 Å². The van der Waals surface area contributed by atoms with Gasteiger partial charge in [0.25, 0.3) is 0 Å². The summed E-state index contributed by atoms with van der Waals surface area (Å²) < 4.78 is 11.6. The van der Waals surface area contributed by atoms with Crippen LogP contribution in [0.5, 0.6) is 11.5 Å². The molecule has 0 saturated heterocycles. The molecular formula is C20H22O3. The van der Waals surface area contributed by atoms with Crippen LogP contribution in [0.15, 0.2) is 48.0 Å². The third-order valence-electron chi connectivity index (χ3n) is 4.14. The average molecular weight is 310 g/mol. The molecule has 1 N–H and O–H groups in total. The fourth-order valence-corrected chi connectivity index (χ4v) is 3.12. The number of benzene rings is 2. The molecule has 120 valence electrons. The minimum absolute atomic E-state index is 0.0190.